The molecule has 1 saturated heterocycles. The molecule has 2 unspecified atom stereocenters. The van der Waals surface area contributed by atoms with Gasteiger partial charge in [-0.25, -0.2) is 0 Å². The number of nitrogens with one attached hydrogen (secondary N) is 1. The topological polar surface area (TPSA) is 58.6 Å². The number of ether oxygens (including phenoxy) is 1. The Bertz CT molecular complexity index is 305. The lowest BCUT2D eigenvalue weighted by atomic mass is 9.99. The maximum Gasteiger partial charge on any atom is 0.245 e. The Hall–Kier alpha value is -1.10. The van der Waals surface area contributed by atoms with Crippen molar-refractivity contribution < 1.29 is 14.3 Å². The summed E-state index contributed by atoms with van der Waals surface area (Å²) < 4.78 is 4.98. The zero-order valence-corrected chi connectivity index (χ0v) is 11.7. The van der Waals surface area contributed by atoms with Crippen molar-refractivity contribution in [2.45, 2.75) is 45.7 Å². The average molecular weight is 256 g/mol. The van der Waals surface area contributed by atoms with Crippen LogP contribution in [-0.2, 0) is 14.3 Å². The first kappa shape index (κ1) is 15.0. The van der Waals surface area contributed by atoms with E-state index in [1.807, 2.05) is 13.8 Å². The lowest BCUT2D eigenvalue weighted by molar-refractivity contribution is -0.149. The van der Waals surface area contributed by atoms with Crippen LogP contribution >= 0.6 is 0 Å². The Labute approximate surface area is 109 Å². The minimum atomic E-state index is -0.377. The zero-order chi connectivity index (χ0) is 13.7. The highest BCUT2D eigenvalue weighted by Gasteiger charge is 2.37. The summed E-state index contributed by atoms with van der Waals surface area (Å²) in [4.78, 5) is 25.8. The van der Waals surface area contributed by atoms with Crippen LogP contribution in [0, 0.1) is 5.92 Å². The van der Waals surface area contributed by atoms with Crippen LogP contribution in [0.5, 0.6) is 0 Å². The number of carbonyl (C=O) groups is 2. The maximum absolute atomic E-state index is 12.3. The number of carbonyl (C=O) groups excluding carboxylic acids is 2. The van der Waals surface area contributed by atoms with Gasteiger partial charge in [0.15, 0.2) is 0 Å². The van der Waals surface area contributed by atoms with E-state index in [0.717, 1.165) is 6.42 Å². The third-order valence-electron chi connectivity index (χ3n) is 3.20. The second-order valence-electron chi connectivity index (χ2n) is 5.24. The summed E-state index contributed by atoms with van der Waals surface area (Å²) in [6.45, 7) is 7.05. The predicted molar refractivity (Wildman–Crippen MR) is 69.1 cm³/mol. The fraction of sp³-hybridized carbons (Fsp3) is 0.846. The molecule has 2 atom stereocenters. The van der Waals surface area contributed by atoms with Gasteiger partial charge in [0.05, 0.1) is 0 Å². The van der Waals surface area contributed by atoms with Crippen LogP contribution in [0.15, 0.2) is 0 Å². The predicted octanol–water partition coefficient (Wildman–Crippen LogP) is 0.784. The average Bonchev–Trinajstić information content (AvgIpc) is 2.30. The molecule has 0 aliphatic carbocycles. The first-order valence-corrected chi connectivity index (χ1v) is 6.57. The Morgan fingerprint density at radius 1 is 1.39 bits per heavy atom. The molecule has 5 heteroatoms. The van der Waals surface area contributed by atoms with Crippen LogP contribution in [0.3, 0.4) is 0 Å². The van der Waals surface area contributed by atoms with Crippen molar-refractivity contribution in [3.8, 4) is 0 Å². The summed E-state index contributed by atoms with van der Waals surface area (Å²) in [7, 11) is 1.63. The van der Waals surface area contributed by atoms with Gasteiger partial charge in [0.2, 0.25) is 11.8 Å². The molecule has 104 valence electrons. The van der Waals surface area contributed by atoms with Crippen molar-refractivity contribution >= 4 is 11.8 Å². The highest BCUT2D eigenvalue weighted by atomic mass is 16.5. The molecule has 2 amide bonds. The van der Waals surface area contributed by atoms with E-state index in [0.29, 0.717) is 25.5 Å². The maximum atomic E-state index is 12.3. The van der Waals surface area contributed by atoms with E-state index in [4.69, 9.17) is 4.74 Å². The number of amides is 2. The van der Waals surface area contributed by atoms with E-state index < -0.39 is 0 Å². The monoisotopic (exact) mass is 256 g/mol. The van der Waals surface area contributed by atoms with Crippen molar-refractivity contribution in [1.29, 1.82) is 0 Å². The van der Waals surface area contributed by atoms with Crippen LogP contribution in [0.2, 0.25) is 0 Å². The Morgan fingerprint density at radius 3 is 2.61 bits per heavy atom. The van der Waals surface area contributed by atoms with Gasteiger partial charge in [-0.15, -0.1) is 0 Å². The smallest absolute Gasteiger partial charge is 0.245 e. The largest absolute Gasteiger partial charge is 0.385 e. The van der Waals surface area contributed by atoms with Crippen molar-refractivity contribution in [3.63, 3.8) is 0 Å². The van der Waals surface area contributed by atoms with Crippen molar-refractivity contribution in [1.82, 2.24) is 10.2 Å². The Balaban J connectivity index is 2.66. The molecule has 1 heterocycles. The first-order valence-electron chi connectivity index (χ1n) is 6.57. The normalized spacial score (nSPS) is 24.6. The van der Waals surface area contributed by atoms with Crippen LogP contribution in [0.4, 0.5) is 0 Å². The number of hydrogen-bond acceptors (Lipinski definition) is 3. The van der Waals surface area contributed by atoms with E-state index in [-0.39, 0.29) is 23.9 Å². The zero-order valence-electron chi connectivity index (χ0n) is 11.7. The number of hydrogen-bond donors (Lipinski definition) is 1. The molecule has 0 saturated carbocycles. The van der Waals surface area contributed by atoms with Gasteiger partial charge in [-0.05, 0) is 25.7 Å². The Kier molecular flexibility index (Phi) is 5.59. The minimum absolute atomic E-state index is 0.0342. The molecule has 0 bridgehead atoms. The van der Waals surface area contributed by atoms with E-state index in [1.54, 1.807) is 18.9 Å². The fourth-order valence-corrected chi connectivity index (χ4v) is 2.20. The molecule has 5 nitrogen and oxygen atoms in total. The van der Waals surface area contributed by atoms with E-state index in [2.05, 4.69) is 5.32 Å². The van der Waals surface area contributed by atoms with E-state index in [1.165, 1.54) is 0 Å². The highest BCUT2D eigenvalue weighted by molar-refractivity contribution is 5.96. The van der Waals surface area contributed by atoms with Crippen LogP contribution < -0.4 is 5.32 Å². The van der Waals surface area contributed by atoms with Crippen LogP contribution in [0.1, 0.15) is 33.6 Å². The standard InChI is InChI=1S/C13H24N2O3/c1-9(2)8-11-13(17)15(6-5-7-18-4)10(3)12(16)14-11/h9-11H,5-8H2,1-4H3,(H,14,16). The highest BCUT2D eigenvalue weighted by Crippen LogP contribution is 2.15. The van der Waals surface area contributed by atoms with Gasteiger partial charge in [0.1, 0.15) is 12.1 Å². The molecular weight excluding hydrogens is 232 g/mol. The van der Waals surface area contributed by atoms with Gasteiger partial charge >= 0.3 is 0 Å². The first-order chi connectivity index (χ1) is 8.47. The molecule has 0 radical (unpaired) electrons. The summed E-state index contributed by atoms with van der Waals surface area (Å²) in [6.07, 6.45) is 1.45. The van der Waals surface area contributed by atoms with Crippen LogP contribution in [-0.4, -0.2) is 49.1 Å². The van der Waals surface area contributed by atoms with Crippen molar-refractivity contribution in [2.75, 3.05) is 20.3 Å². The quantitative estimate of drug-likeness (QED) is 0.715. The molecular formula is C13H24N2O3. The molecule has 0 aromatic rings. The number of piperazine rings is 1. The molecule has 0 aromatic carbocycles. The molecule has 1 aliphatic heterocycles. The third-order valence-corrected chi connectivity index (χ3v) is 3.20. The molecule has 1 fully saturated rings. The molecule has 18 heavy (non-hydrogen) atoms. The van der Waals surface area contributed by atoms with E-state index in [9.17, 15) is 9.59 Å². The number of nitrogens with zero attached hydrogens (tertiary/aromatic N) is 1. The summed E-state index contributed by atoms with van der Waals surface area (Å²) in [5, 5.41) is 2.81. The number of methoxy groups -OCH3 is 1. The molecule has 0 aromatic heterocycles. The molecule has 1 N–H and O–H groups in total. The van der Waals surface area contributed by atoms with Crippen molar-refractivity contribution in [2.24, 2.45) is 5.92 Å². The van der Waals surface area contributed by atoms with Gasteiger partial charge in [-0.3, -0.25) is 9.59 Å². The molecule has 1 aliphatic rings. The lowest BCUT2D eigenvalue weighted by Crippen LogP contribution is -2.62. The summed E-state index contributed by atoms with van der Waals surface area (Å²) in [5.74, 6) is 0.359. The van der Waals surface area contributed by atoms with Gasteiger partial charge in [-0.1, -0.05) is 13.8 Å². The minimum Gasteiger partial charge on any atom is -0.385 e. The van der Waals surface area contributed by atoms with E-state index >= 15 is 0 Å². The summed E-state index contributed by atoms with van der Waals surface area (Å²) >= 11 is 0. The van der Waals surface area contributed by atoms with Gasteiger partial charge in [0, 0.05) is 20.3 Å². The third kappa shape index (κ3) is 3.70. The summed E-state index contributed by atoms with van der Waals surface area (Å²) in [6, 6.07) is -0.742. The van der Waals surface area contributed by atoms with Crippen molar-refractivity contribution in [3.05, 3.63) is 0 Å². The van der Waals surface area contributed by atoms with Gasteiger partial charge in [-0.2, -0.15) is 0 Å². The van der Waals surface area contributed by atoms with Crippen LogP contribution in [0.25, 0.3) is 0 Å². The molecule has 0 spiro atoms. The Morgan fingerprint density at radius 2 is 2.06 bits per heavy atom. The summed E-state index contributed by atoms with van der Waals surface area (Å²) in [5.41, 5.74) is 0. The lowest BCUT2D eigenvalue weighted by Gasteiger charge is -2.38. The fourth-order valence-electron chi connectivity index (χ4n) is 2.20. The van der Waals surface area contributed by atoms with Gasteiger partial charge in [0.25, 0.3) is 0 Å². The second kappa shape index (κ2) is 6.73. The molecule has 1 rings (SSSR count). The number of rotatable bonds is 6. The SMILES string of the molecule is COCCCN1C(=O)C(CC(C)C)NC(=O)C1C. The van der Waals surface area contributed by atoms with Gasteiger partial charge < -0.3 is 15.0 Å². The second-order valence-corrected chi connectivity index (χ2v) is 5.24.